The summed E-state index contributed by atoms with van der Waals surface area (Å²) in [6, 6.07) is 10.7. The van der Waals surface area contributed by atoms with Gasteiger partial charge in [-0.1, -0.05) is 12.1 Å². The fourth-order valence-corrected chi connectivity index (χ4v) is 2.63. The number of hydrogen-bond acceptors (Lipinski definition) is 4. The highest BCUT2D eigenvalue weighted by atomic mass is 127. The van der Waals surface area contributed by atoms with Gasteiger partial charge in [-0.2, -0.15) is 0 Å². The number of halogens is 1. The van der Waals surface area contributed by atoms with Gasteiger partial charge in [0.2, 0.25) is 5.75 Å². The molecular formula is C16H16INO4. The van der Waals surface area contributed by atoms with Crippen molar-refractivity contribution in [3.05, 3.63) is 45.5 Å². The first-order chi connectivity index (χ1) is 10.6. The molecule has 0 unspecified atom stereocenters. The SMILES string of the molecule is COc1cc(NC(=O)c2ccccc2I)cc(OC)c1OC. The lowest BCUT2D eigenvalue weighted by Gasteiger charge is -2.14. The molecule has 0 saturated heterocycles. The summed E-state index contributed by atoms with van der Waals surface area (Å²) >= 11 is 2.13. The summed E-state index contributed by atoms with van der Waals surface area (Å²) in [5.41, 5.74) is 1.18. The van der Waals surface area contributed by atoms with Crippen molar-refractivity contribution in [3.8, 4) is 17.2 Å². The Balaban J connectivity index is 2.34. The maximum atomic E-state index is 12.4. The minimum absolute atomic E-state index is 0.195. The molecule has 0 aromatic heterocycles. The summed E-state index contributed by atoms with van der Waals surface area (Å²) in [5.74, 6) is 1.26. The van der Waals surface area contributed by atoms with E-state index in [0.29, 0.717) is 28.5 Å². The first kappa shape index (κ1) is 16.4. The molecule has 0 saturated carbocycles. The van der Waals surface area contributed by atoms with Crippen molar-refractivity contribution in [3.63, 3.8) is 0 Å². The van der Waals surface area contributed by atoms with Gasteiger partial charge in [0.25, 0.3) is 5.91 Å². The van der Waals surface area contributed by atoms with Crippen LogP contribution in [0.4, 0.5) is 5.69 Å². The molecule has 116 valence electrons. The highest BCUT2D eigenvalue weighted by molar-refractivity contribution is 14.1. The lowest BCUT2D eigenvalue weighted by Crippen LogP contribution is -2.13. The summed E-state index contributed by atoms with van der Waals surface area (Å²) in [4.78, 5) is 12.4. The van der Waals surface area contributed by atoms with Crippen molar-refractivity contribution < 1.29 is 19.0 Å². The van der Waals surface area contributed by atoms with E-state index in [9.17, 15) is 4.79 Å². The van der Waals surface area contributed by atoms with Crippen molar-refractivity contribution in [2.75, 3.05) is 26.6 Å². The van der Waals surface area contributed by atoms with Crippen molar-refractivity contribution in [2.45, 2.75) is 0 Å². The molecule has 2 aromatic rings. The standard InChI is InChI=1S/C16H16INO4/c1-20-13-8-10(9-14(21-2)15(13)22-3)18-16(19)11-6-4-5-7-12(11)17/h4-9H,1-3H3,(H,18,19). The molecule has 6 heteroatoms. The molecule has 2 rings (SSSR count). The molecule has 0 atom stereocenters. The van der Waals surface area contributed by atoms with Crippen LogP contribution in [0.3, 0.4) is 0 Å². The Hall–Kier alpha value is -1.96. The van der Waals surface area contributed by atoms with E-state index in [1.807, 2.05) is 18.2 Å². The zero-order valence-corrected chi connectivity index (χ0v) is 14.6. The molecule has 1 amide bonds. The Morgan fingerprint density at radius 3 is 2.09 bits per heavy atom. The van der Waals surface area contributed by atoms with Gasteiger partial charge in [-0.25, -0.2) is 0 Å². The number of nitrogens with one attached hydrogen (secondary N) is 1. The van der Waals surface area contributed by atoms with Gasteiger partial charge in [0.1, 0.15) is 0 Å². The number of methoxy groups -OCH3 is 3. The first-order valence-corrected chi connectivity index (χ1v) is 7.54. The number of carbonyl (C=O) groups is 1. The molecule has 0 fully saturated rings. The smallest absolute Gasteiger partial charge is 0.256 e. The van der Waals surface area contributed by atoms with Crippen molar-refractivity contribution in [1.82, 2.24) is 0 Å². The molecule has 0 heterocycles. The van der Waals surface area contributed by atoms with Crippen molar-refractivity contribution >= 4 is 34.2 Å². The third-order valence-corrected chi connectivity index (χ3v) is 3.98. The Bertz CT molecular complexity index is 663. The number of benzene rings is 2. The van der Waals surface area contributed by atoms with E-state index in [2.05, 4.69) is 27.9 Å². The van der Waals surface area contributed by atoms with Gasteiger partial charge in [-0.05, 0) is 34.7 Å². The topological polar surface area (TPSA) is 56.8 Å². The minimum atomic E-state index is -0.195. The van der Waals surface area contributed by atoms with Gasteiger partial charge in [-0.15, -0.1) is 0 Å². The number of rotatable bonds is 5. The highest BCUT2D eigenvalue weighted by Crippen LogP contribution is 2.40. The Morgan fingerprint density at radius 1 is 1.00 bits per heavy atom. The lowest BCUT2D eigenvalue weighted by molar-refractivity contribution is 0.102. The van der Waals surface area contributed by atoms with Gasteiger partial charge in [0, 0.05) is 21.4 Å². The van der Waals surface area contributed by atoms with E-state index >= 15 is 0 Å². The van der Waals surface area contributed by atoms with Gasteiger partial charge < -0.3 is 19.5 Å². The van der Waals surface area contributed by atoms with Crippen LogP contribution in [0.5, 0.6) is 17.2 Å². The van der Waals surface area contributed by atoms with E-state index in [4.69, 9.17) is 14.2 Å². The predicted molar refractivity (Wildman–Crippen MR) is 93.2 cm³/mol. The van der Waals surface area contributed by atoms with E-state index < -0.39 is 0 Å². The van der Waals surface area contributed by atoms with Crippen molar-refractivity contribution in [1.29, 1.82) is 0 Å². The molecule has 22 heavy (non-hydrogen) atoms. The van der Waals surface area contributed by atoms with Crippen LogP contribution in [0.25, 0.3) is 0 Å². The van der Waals surface area contributed by atoms with Crippen LogP contribution in [0.1, 0.15) is 10.4 Å². The largest absolute Gasteiger partial charge is 0.493 e. The number of anilines is 1. The fraction of sp³-hybridized carbons (Fsp3) is 0.188. The second-order valence-corrected chi connectivity index (χ2v) is 5.51. The van der Waals surface area contributed by atoms with E-state index in [-0.39, 0.29) is 5.91 Å². The molecule has 0 spiro atoms. The highest BCUT2D eigenvalue weighted by Gasteiger charge is 2.15. The quantitative estimate of drug-likeness (QED) is 0.762. The number of amides is 1. The summed E-state index contributed by atoms with van der Waals surface area (Å²) in [5, 5.41) is 2.84. The summed E-state index contributed by atoms with van der Waals surface area (Å²) in [7, 11) is 4.59. The summed E-state index contributed by atoms with van der Waals surface area (Å²) < 4.78 is 16.7. The third kappa shape index (κ3) is 3.44. The van der Waals surface area contributed by atoms with Gasteiger partial charge in [0.15, 0.2) is 11.5 Å². The Labute approximate surface area is 142 Å². The maximum absolute atomic E-state index is 12.4. The molecule has 5 nitrogen and oxygen atoms in total. The second-order valence-electron chi connectivity index (χ2n) is 4.35. The van der Waals surface area contributed by atoms with Crippen LogP contribution in [0.2, 0.25) is 0 Å². The van der Waals surface area contributed by atoms with Crippen LogP contribution in [-0.4, -0.2) is 27.2 Å². The predicted octanol–water partition coefficient (Wildman–Crippen LogP) is 3.57. The Kier molecular flexibility index (Phi) is 5.48. The molecule has 0 aliphatic rings. The molecule has 2 aromatic carbocycles. The number of ether oxygens (including phenoxy) is 3. The van der Waals surface area contributed by atoms with E-state index in [1.54, 1.807) is 18.2 Å². The van der Waals surface area contributed by atoms with Crippen LogP contribution in [0, 0.1) is 3.57 Å². The molecule has 1 N–H and O–H groups in total. The third-order valence-electron chi connectivity index (χ3n) is 3.04. The monoisotopic (exact) mass is 413 g/mol. The number of carbonyl (C=O) groups excluding carboxylic acids is 1. The lowest BCUT2D eigenvalue weighted by atomic mass is 10.2. The van der Waals surface area contributed by atoms with E-state index in [1.165, 1.54) is 21.3 Å². The zero-order valence-electron chi connectivity index (χ0n) is 12.5. The average Bonchev–Trinajstić information content (AvgIpc) is 2.54. The van der Waals surface area contributed by atoms with Gasteiger partial charge >= 0.3 is 0 Å². The van der Waals surface area contributed by atoms with Crippen molar-refractivity contribution in [2.24, 2.45) is 0 Å². The van der Waals surface area contributed by atoms with Crippen LogP contribution in [0.15, 0.2) is 36.4 Å². The summed E-state index contributed by atoms with van der Waals surface area (Å²) in [6.45, 7) is 0. The first-order valence-electron chi connectivity index (χ1n) is 6.46. The van der Waals surface area contributed by atoms with Crippen LogP contribution in [-0.2, 0) is 0 Å². The average molecular weight is 413 g/mol. The normalized spacial score (nSPS) is 10.0. The fourth-order valence-electron chi connectivity index (χ4n) is 2.00. The van der Waals surface area contributed by atoms with Gasteiger partial charge in [-0.3, -0.25) is 4.79 Å². The second kappa shape index (κ2) is 7.35. The molecule has 0 aliphatic heterocycles. The van der Waals surface area contributed by atoms with Gasteiger partial charge in [0.05, 0.1) is 26.9 Å². The molecule has 0 radical (unpaired) electrons. The zero-order chi connectivity index (χ0) is 16.1. The van der Waals surface area contributed by atoms with Crippen LogP contribution < -0.4 is 19.5 Å². The molecule has 0 bridgehead atoms. The summed E-state index contributed by atoms with van der Waals surface area (Å²) in [6.07, 6.45) is 0. The number of hydrogen-bond donors (Lipinski definition) is 1. The van der Waals surface area contributed by atoms with E-state index in [0.717, 1.165) is 3.57 Å². The Morgan fingerprint density at radius 2 is 1.59 bits per heavy atom. The minimum Gasteiger partial charge on any atom is -0.493 e. The molecule has 0 aliphatic carbocycles. The maximum Gasteiger partial charge on any atom is 0.256 e. The molecular weight excluding hydrogens is 397 g/mol. The van der Waals surface area contributed by atoms with Crippen LogP contribution >= 0.6 is 22.6 Å².